The number of nitrogen functional groups attached to an aromatic ring is 2. The van der Waals surface area contributed by atoms with Gasteiger partial charge < -0.3 is 11.5 Å². The van der Waals surface area contributed by atoms with Crippen molar-refractivity contribution in [3.63, 3.8) is 0 Å². The minimum Gasteiger partial charge on any atom is -0.397 e. The van der Waals surface area contributed by atoms with Crippen LogP contribution in [0.4, 0.5) is 20.3 Å². The molecule has 0 amide bonds. The van der Waals surface area contributed by atoms with Gasteiger partial charge in [0.1, 0.15) is 5.82 Å². The van der Waals surface area contributed by atoms with Gasteiger partial charge in [0.25, 0.3) is 6.43 Å². The molecule has 3 nitrogen and oxygen atoms in total. The monoisotopic (exact) mass is 207 g/mol. The second-order valence-corrected chi connectivity index (χ2v) is 2.69. The summed E-state index contributed by atoms with van der Waals surface area (Å²) < 4.78 is 24.9. The van der Waals surface area contributed by atoms with E-state index in [4.69, 9.17) is 23.1 Å². The summed E-state index contributed by atoms with van der Waals surface area (Å²) in [5.74, 6) is -0.122. The Bertz CT molecular complexity index is 317. The first kappa shape index (κ1) is 9.98. The van der Waals surface area contributed by atoms with Crippen LogP contribution < -0.4 is 11.5 Å². The van der Waals surface area contributed by atoms with Gasteiger partial charge in [-0.05, 0) is 0 Å². The molecule has 1 rings (SSSR count). The molecule has 6 heteroatoms. The summed E-state index contributed by atoms with van der Waals surface area (Å²) in [7, 11) is 0. The first-order valence-corrected chi connectivity index (χ1v) is 3.98. The molecule has 0 aliphatic heterocycles. The van der Waals surface area contributed by atoms with Gasteiger partial charge in [-0.1, -0.05) is 0 Å². The van der Waals surface area contributed by atoms with Gasteiger partial charge in [-0.3, -0.25) is 0 Å². The van der Waals surface area contributed by atoms with E-state index in [2.05, 4.69) is 4.98 Å². The molecule has 1 aromatic rings. The van der Waals surface area contributed by atoms with E-state index in [0.29, 0.717) is 0 Å². The molecule has 0 aliphatic carbocycles. The van der Waals surface area contributed by atoms with Crippen LogP contribution in [0.1, 0.15) is 17.6 Å². The van der Waals surface area contributed by atoms with Crippen LogP contribution in [0.2, 0.25) is 0 Å². The van der Waals surface area contributed by atoms with Crippen molar-refractivity contribution in [2.75, 3.05) is 11.5 Å². The molecular weight excluding hydrogens is 200 g/mol. The summed E-state index contributed by atoms with van der Waals surface area (Å²) in [6, 6.07) is 0. The Balaban J connectivity index is 3.35. The third-order valence-electron chi connectivity index (χ3n) is 1.64. The molecule has 72 valence electrons. The zero-order valence-electron chi connectivity index (χ0n) is 6.60. The van der Waals surface area contributed by atoms with Gasteiger partial charge in [0.2, 0.25) is 0 Å². The van der Waals surface area contributed by atoms with E-state index in [1.165, 1.54) is 0 Å². The first-order valence-electron chi connectivity index (χ1n) is 3.44. The van der Waals surface area contributed by atoms with Crippen LogP contribution in [-0.2, 0) is 5.88 Å². The number of aromatic nitrogens is 1. The molecule has 1 aromatic heterocycles. The topological polar surface area (TPSA) is 64.9 Å². The van der Waals surface area contributed by atoms with Crippen molar-refractivity contribution in [1.82, 2.24) is 4.98 Å². The zero-order valence-corrected chi connectivity index (χ0v) is 7.35. The maximum atomic E-state index is 12.4. The van der Waals surface area contributed by atoms with Crippen molar-refractivity contribution in [2.24, 2.45) is 0 Å². The Kier molecular flexibility index (Phi) is 2.87. The number of nitrogens with zero attached hydrogens (tertiary/aromatic N) is 1. The zero-order chi connectivity index (χ0) is 10.0. The number of halogens is 3. The molecular formula is C7H8ClF2N3. The minimum absolute atomic E-state index is 0.000463. The highest BCUT2D eigenvalue weighted by molar-refractivity contribution is 6.17. The lowest BCUT2D eigenvalue weighted by molar-refractivity contribution is 0.151. The van der Waals surface area contributed by atoms with Crippen molar-refractivity contribution < 1.29 is 8.78 Å². The van der Waals surface area contributed by atoms with Gasteiger partial charge in [-0.15, -0.1) is 11.6 Å². The predicted octanol–water partition coefficient (Wildman–Crippen LogP) is 1.92. The third-order valence-corrected chi connectivity index (χ3v) is 1.91. The van der Waals surface area contributed by atoms with Crippen molar-refractivity contribution in [1.29, 1.82) is 0 Å². The van der Waals surface area contributed by atoms with Crippen LogP contribution >= 0.6 is 11.6 Å². The number of pyridine rings is 1. The Morgan fingerprint density at radius 3 is 2.46 bits per heavy atom. The summed E-state index contributed by atoms with van der Waals surface area (Å²) in [6.45, 7) is 0. The average Bonchev–Trinajstić information content (AvgIpc) is 2.07. The Morgan fingerprint density at radius 2 is 2.08 bits per heavy atom. The number of nitrogens with two attached hydrogens (primary N) is 2. The van der Waals surface area contributed by atoms with E-state index >= 15 is 0 Å². The smallest absolute Gasteiger partial charge is 0.266 e. The second kappa shape index (κ2) is 3.74. The highest BCUT2D eigenvalue weighted by Crippen LogP contribution is 2.31. The molecule has 0 saturated heterocycles. The molecule has 0 atom stereocenters. The quantitative estimate of drug-likeness (QED) is 0.729. The summed E-state index contributed by atoms with van der Waals surface area (Å²) in [5.41, 5.74) is 10.4. The van der Waals surface area contributed by atoms with Gasteiger partial charge in [-0.25, -0.2) is 13.8 Å². The number of alkyl halides is 3. The molecule has 1 heterocycles. The fourth-order valence-electron chi connectivity index (χ4n) is 0.997. The van der Waals surface area contributed by atoms with E-state index < -0.39 is 6.43 Å². The molecule has 13 heavy (non-hydrogen) atoms. The molecule has 0 spiro atoms. The maximum Gasteiger partial charge on any atom is 0.266 e. The molecule has 0 bridgehead atoms. The normalized spacial score (nSPS) is 10.8. The molecule has 0 aromatic carbocycles. The Labute approximate surface area is 78.7 Å². The number of hydrogen-bond acceptors (Lipinski definition) is 3. The molecule has 0 aliphatic rings. The van der Waals surface area contributed by atoms with Gasteiger partial charge in [-0.2, -0.15) is 0 Å². The van der Waals surface area contributed by atoms with E-state index in [9.17, 15) is 8.78 Å². The number of hydrogen-bond donors (Lipinski definition) is 2. The van der Waals surface area contributed by atoms with Crippen molar-refractivity contribution in [3.8, 4) is 0 Å². The van der Waals surface area contributed by atoms with Gasteiger partial charge in [0, 0.05) is 5.56 Å². The predicted molar refractivity (Wildman–Crippen MR) is 47.6 cm³/mol. The SMILES string of the molecule is Nc1cnc(N)c(CCl)c1C(F)F. The van der Waals surface area contributed by atoms with Crippen LogP contribution in [0.3, 0.4) is 0 Å². The van der Waals surface area contributed by atoms with Crippen LogP contribution in [0.25, 0.3) is 0 Å². The minimum atomic E-state index is -2.68. The van der Waals surface area contributed by atoms with Crippen molar-refractivity contribution in [3.05, 3.63) is 17.3 Å². The highest BCUT2D eigenvalue weighted by atomic mass is 35.5. The third kappa shape index (κ3) is 1.80. The van der Waals surface area contributed by atoms with E-state index in [1.807, 2.05) is 0 Å². The van der Waals surface area contributed by atoms with Crippen LogP contribution in [-0.4, -0.2) is 4.98 Å². The van der Waals surface area contributed by atoms with Gasteiger partial charge in [0.15, 0.2) is 0 Å². The molecule has 4 N–H and O–H groups in total. The van der Waals surface area contributed by atoms with Crippen LogP contribution in [0, 0.1) is 0 Å². The van der Waals surface area contributed by atoms with E-state index in [-0.39, 0.29) is 28.5 Å². The van der Waals surface area contributed by atoms with Crippen molar-refractivity contribution >= 4 is 23.1 Å². The van der Waals surface area contributed by atoms with E-state index in [1.54, 1.807) is 0 Å². The number of anilines is 2. The Hall–Kier alpha value is -1.10. The summed E-state index contributed by atoms with van der Waals surface area (Å²) in [5, 5.41) is 0. The van der Waals surface area contributed by atoms with Crippen molar-refractivity contribution in [2.45, 2.75) is 12.3 Å². The summed E-state index contributed by atoms with van der Waals surface area (Å²) in [4.78, 5) is 3.63. The maximum absolute atomic E-state index is 12.4. The number of rotatable bonds is 2. The summed E-state index contributed by atoms with van der Waals surface area (Å²) >= 11 is 5.44. The molecule has 0 saturated carbocycles. The molecule has 0 fully saturated rings. The fraction of sp³-hybridized carbons (Fsp3) is 0.286. The lowest BCUT2D eigenvalue weighted by Crippen LogP contribution is -2.05. The molecule has 0 radical (unpaired) electrons. The highest BCUT2D eigenvalue weighted by Gasteiger charge is 2.18. The largest absolute Gasteiger partial charge is 0.397 e. The standard InChI is InChI=1S/C7H8ClF2N3/c8-1-3-5(6(9)10)4(11)2-13-7(3)12/h2,6H,1,11H2,(H2,12,13). The fourth-order valence-corrected chi connectivity index (χ4v) is 1.28. The average molecular weight is 208 g/mol. The summed E-state index contributed by atoms with van der Waals surface area (Å²) in [6.07, 6.45) is -1.58. The second-order valence-electron chi connectivity index (χ2n) is 2.43. The van der Waals surface area contributed by atoms with Crippen LogP contribution in [0.15, 0.2) is 6.20 Å². The Morgan fingerprint density at radius 1 is 1.46 bits per heavy atom. The lowest BCUT2D eigenvalue weighted by Gasteiger charge is -2.10. The van der Waals surface area contributed by atoms with Gasteiger partial charge in [0.05, 0.1) is 23.3 Å². The first-order chi connectivity index (χ1) is 6.07. The lowest BCUT2D eigenvalue weighted by atomic mass is 10.1. The van der Waals surface area contributed by atoms with Gasteiger partial charge >= 0.3 is 0 Å². The molecule has 0 unspecified atom stereocenters. The van der Waals surface area contributed by atoms with Crippen LogP contribution in [0.5, 0.6) is 0 Å². The van der Waals surface area contributed by atoms with E-state index in [0.717, 1.165) is 6.20 Å².